The van der Waals surface area contributed by atoms with Crippen LogP contribution in [0.2, 0.25) is 19.6 Å². The minimum absolute atomic E-state index is 0.261. The average Bonchev–Trinajstić information content (AvgIpc) is 2.59. The van der Waals surface area contributed by atoms with Gasteiger partial charge in [-0.15, -0.1) is 0 Å². The maximum atomic E-state index is 6.14. The van der Waals surface area contributed by atoms with Gasteiger partial charge in [0, 0.05) is 19.4 Å². The van der Waals surface area contributed by atoms with Gasteiger partial charge in [0.05, 0.1) is 0 Å². The summed E-state index contributed by atoms with van der Waals surface area (Å²) in [7, 11) is 0.273. The van der Waals surface area contributed by atoms with Crippen LogP contribution in [0.15, 0.2) is 0 Å². The van der Waals surface area contributed by atoms with Crippen molar-refractivity contribution in [3.05, 3.63) is 0 Å². The van der Waals surface area contributed by atoms with Crippen LogP contribution in [0.3, 0.4) is 0 Å². The Hall–Kier alpha value is 0.137. The quantitative estimate of drug-likeness (QED) is 0.532. The van der Waals surface area contributed by atoms with Crippen molar-refractivity contribution in [2.24, 2.45) is 11.3 Å². The minimum Gasteiger partial charge on any atom is -0.391 e. The van der Waals surface area contributed by atoms with Crippen molar-refractivity contribution in [2.75, 3.05) is 7.11 Å². The van der Waals surface area contributed by atoms with Gasteiger partial charge in [-0.05, 0) is 25.1 Å². The van der Waals surface area contributed by atoms with E-state index in [0.29, 0.717) is 5.92 Å². The molecule has 0 heterocycles. The maximum absolute atomic E-state index is 6.14. The molecule has 0 spiro atoms. The van der Waals surface area contributed by atoms with E-state index in [9.17, 15) is 0 Å². The third-order valence-corrected chi connectivity index (χ3v) is 3.69. The highest BCUT2D eigenvalue weighted by atomic mass is 28.4. The molecule has 0 aliphatic heterocycles. The zero-order valence-electron chi connectivity index (χ0n) is 10.6. The van der Waals surface area contributed by atoms with Crippen LogP contribution in [0, 0.1) is 11.3 Å². The standard InChI is InChI=1S/C11H24O2Si/c1-10(2,3)9-8-11(9,12-4)13-14(5,6)7/h9H,8H2,1-7H3/t9-,11?/m1/s1. The van der Waals surface area contributed by atoms with Crippen molar-refractivity contribution >= 4 is 8.32 Å². The zero-order valence-corrected chi connectivity index (χ0v) is 11.6. The molecule has 1 fully saturated rings. The van der Waals surface area contributed by atoms with Gasteiger partial charge < -0.3 is 9.16 Å². The summed E-state index contributed by atoms with van der Waals surface area (Å²) in [5.74, 6) is 0.287. The number of rotatable bonds is 3. The van der Waals surface area contributed by atoms with Gasteiger partial charge in [0.25, 0.3) is 0 Å². The van der Waals surface area contributed by atoms with Gasteiger partial charge in [0.1, 0.15) is 0 Å². The molecule has 0 aromatic rings. The first-order valence-electron chi connectivity index (χ1n) is 5.36. The van der Waals surface area contributed by atoms with E-state index in [4.69, 9.17) is 9.16 Å². The molecule has 0 amide bonds. The van der Waals surface area contributed by atoms with Gasteiger partial charge in [0.15, 0.2) is 14.1 Å². The normalized spacial score (nSPS) is 33.2. The first-order chi connectivity index (χ1) is 6.11. The summed E-state index contributed by atoms with van der Waals surface area (Å²) in [6.45, 7) is 13.4. The molecule has 3 heteroatoms. The van der Waals surface area contributed by atoms with Crippen LogP contribution in [0.5, 0.6) is 0 Å². The molecule has 0 radical (unpaired) electrons. The predicted molar refractivity (Wildman–Crippen MR) is 61.7 cm³/mol. The van der Waals surface area contributed by atoms with Gasteiger partial charge in [-0.3, -0.25) is 0 Å². The van der Waals surface area contributed by atoms with Crippen LogP contribution in [0.4, 0.5) is 0 Å². The molecule has 0 bridgehead atoms. The molecule has 14 heavy (non-hydrogen) atoms. The summed E-state index contributed by atoms with van der Waals surface area (Å²) in [4.78, 5) is 0. The van der Waals surface area contributed by atoms with Gasteiger partial charge in [0.2, 0.25) is 0 Å². The van der Waals surface area contributed by atoms with Crippen LogP contribution in [-0.2, 0) is 9.16 Å². The fourth-order valence-electron chi connectivity index (χ4n) is 2.09. The molecule has 0 N–H and O–H groups in total. The highest BCUT2D eigenvalue weighted by Crippen LogP contribution is 2.57. The van der Waals surface area contributed by atoms with E-state index in [1.807, 2.05) is 0 Å². The van der Waals surface area contributed by atoms with Gasteiger partial charge in [-0.2, -0.15) is 0 Å². The summed E-state index contributed by atoms with van der Waals surface area (Å²) in [5, 5.41) is 0. The molecule has 1 rings (SSSR count). The summed E-state index contributed by atoms with van der Waals surface area (Å²) < 4.78 is 11.7. The number of hydrogen-bond donors (Lipinski definition) is 0. The lowest BCUT2D eigenvalue weighted by atomic mass is 9.90. The molecule has 1 saturated carbocycles. The van der Waals surface area contributed by atoms with Gasteiger partial charge in [-0.1, -0.05) is 20.8 Å². The second-order valence-corrected chi connectivity index (χ2v) is 10.8. The summed E-state index contributed by atoms with van der Waals surface area (Å²) in [6, 6.07) is 0. The summed E-state index contributed by atoms with van der Waals surface area (Å²) >= 11 is 0. The Labute approximate surface area is 89.1 Å². The van der Waals surface area contributed by atoms with Gasteiger partial charge in [-0.25, -0.2) is 0 Å². The molecule has 1 unspecified atom stereocenters. The van der Waals surface area contributed by atoms with Crippen molar-refractivity contribution in [1.29, 1.82) is 0 Å². The Kier molecular flexibility index (Phi) is 2.90. The average molecular weight is 216 g/mol. The van der Waals surface area contributed by atoms with E-state index < -0.39 is 8.32 Å². The van der Waals surface area contributed by atoms with Crippen LogP contribution >= 0.6 is 0 Å². The topological polar surface area (TPSA) is 18.5 Å². The van der Waals surface area contributed by atoms with E-state index in [-0.39, 0.29) is 11.2 Å². The third kappa shape index (κ3) is 2.58. The van der Waals surface area contributed by atoms with Crippen molar-refractivity contribution < 1.29 is 9.16 Å². The summed E-state index contributed by atoms with van der Waals surface area (Å²) in [5.41, 5.74) is 0.287. The molecule has 1 aliphatic rings. The van der Waals surface area contributed by atoms with E-state index in [1.54, 1.807) is 7.11 Å². The number of hydrogen-bond acceptors (Lipinski definition) is 2. The fourth-order valence-corrected chi connectivity index (χ4v) is 3.44. The molecule has 0 aromatic carbocycles. The molecule has 2 atom stereocenters. The highest BCUT2D eigenvalue weighted by molar-refractivity contribution is 6.69. The predicted octanol–water partition coefficient (Wildman–Crippen LogP) is 3.25. The molecular formula is C11H24O2Si. The molecule has 1 aliphatic carbocycles. The monoisotopic (exact) mass is 216 g/mol. The van der Waals surface area contributed by atoms with Crippen molar-refractivity contribution in [2.45, 2.75) is 52.6 Å². The Morgan fingerprint density at radius 1 is 1.21 bits per heavy atom. The SMILES string of the molecule is COC1(O[Si](C)(C)C)C[C@@H]1C(C)(C)C. The highest BCUT2D eigenvalue weighted by Gasteiger charge is 2.62. The Balaban J connectivity index is 2.67. The number of ether oxygens (including phenoxy) is 1. The smallest absolute Gasteiger partial charge is 0.187 e. The van der Waals surface area contributed by atoms with Crippen LogP contribution in [-0.4, -0.2) is 21.2 Å². The zero-order chi connectivity index (χ0) is 11.2. The lowest BCUT2D eigenvalue weighted by molar-refractivity contribution is -0.109. The lowest BCUT2D eigenvalue weighted by Gasteiger charge is -2.29. The van der Waals surface area contributed by atoms with E-state index in [0.717, 1.165) is 6.42 Å². The lowest BCUT2D eigenvalue weighted by Crippen LogP contribution is -2.37. The fraction of sp³-hybridized carbons (Fsp3) is 1.00. The minimum atomic E-state index is -1.50. The third-order valence-electron chi connectivity index (χ3n) is 2.73. The summed E-state index contributed by atoms with van der Waals surface area (Å²) in [6.07, 6.45) is 1.05. The second kappa shape index (κ2) is 3.32. The van der Waals surface area contributed by atoms with E-state index in [2.05, 4.69) is 40.4 Å². The first-order valence-corrected chi connectivity index (χ1v) is 8.77. The Morgan fingerprint density at radius 2 is 1.71 bits per heavy atom. The van der Waals surface area contributed by atoms with E-state index >= 15 is 0 Å². The second-order valence-electron chi connectivity index (χ2n) is 6.35. The Bertz CT molecular complexity index is 214. The van der Waals surface area contributed by atoms with Crippen molar-refractivity contribution in [3.63, 3.8) is 0 Å². The number of methoxy groups -OCH3 is 1. The Morgan fingerprint density at radius 3 is 1.93 bits per heavy atom. The van der Waals surface area contributed by atoms with Crippen molar-refractivity contribution in [3.8, 4) is 0 Å². The molecule has 0 aromatic heterocycles. The van der Waals surface area contributed by atoms with Crippen LogP contribution < -0.4 is 0 Å². The molecular weight excluding hydrogens is 192 g/mol. The van der Waals surface area contributed by atoms with Gasteiger partial charge >= 0.3 is 0 Å². The molecule has 0 saturated heterocycles. The largest absolute Gasteiger partial charge is 0.391 e. The molecule has 84 valence electrons. The van der Waals surface area contributed by atoms with Crippen molar-refractivity contribution in [1.82, 2.24) is 0 Å². The first kappa shape index (κ1) is 12.2. The maximum Gasteiger partial charge on any atom is 0.187 e. The van der Waals surface area contributed by atoms with Crippen LogP contribution in [0.25, 0.3) is 0 Å². The van der Waals surface area contributed by atoms with E-state index in [1.165, 1.54) is 0 Å². The molecule has 2 nitrogen and oxygen atoms in total. The van der Waals surface area contributed by atoms with Crippen LogP contribution in [0.1, 0.15) is 27.2 Å².